The Bertz CT molecular complexity index is 6170. The van der Waals surface area contributed by atoms with Crippen molar-refractivity contribution in [3.63, 3.8) is 0 Å². The fourth-order valence-corrected chi connectivity index (χ4v) is 12.0. The van der Waals surface area contributed by atoms with E-state index in [2.05, 4.69) is 69.0 Å². The summed E-state index contributed by atoms with van der Waals surface area (Å²) < 4.78 is 4.99. The van der Waals surface area contributed by atoms with E-state index in [0.717, 1.165) is 106 Å². The zero-order valence-electron chi connectivity index (χ0n) is 62.0. The van der Waals surface area contributed by atoms with E-state index in [1.165, 1.54) is 13.4 Å². The second kappa shape index (κ2) is 36.3. The van der Waals surface area contributed by atoms with E-state index in [0.29, 0.717) is 75.0 Å². The van der Waals surface area contributed by atoms with Crippen LogP contribution in [0.2, 0.25) is 0 Å². The molecule has 0 aliphatic carbocycles. The molecule has 4 amide bonds. The topological polar surface area (TPSA) is 354 Å². The van der Waals surface area contributed by atoms with Gasteiger partial charge in [0.25, 0.3) is 17.7 Å². The molecule has 0 aliphatic rings. The van der Waals surface area contributed by atoms with Crippen molar-refractivity contribution in [3.05, 3.63) is 342 Å². The number of carbonyl (C=O) groups excluding carboxylic acids is 4. The van der Waals surface area contributed by atoms with Gasteiger partial charge in [-0.05, 0) is 159 Å². The van der Waals surface area contributed by atoms with Gasteiger partial charge in [0.15, 0.2) is 5.82 Å². The number of anilines is 9. The summed E-state index contributed by atoms with van der Waals surface area (Å²) >= 11 is 0. The Hall–Kier alpha value is -16.0. The van der Waals surface area contributed by atoms with Crippen molar-refractivity contribution in [2.24, 2.45) is 5.84 Å². The lowest BCUT2D eigenvalue weighted by molar-refractivity contribution is -0.109. The van der Waals surface area contributed by atoms with Crippen LogP contribution in [0, 0.1) is 37.5 Å². The molecule has 0 saturated carbocycles. The summed E-state index contributed by atoms with van der Waals surface area (Å²) in [5.41, 5.74) is 20.3. The lowest BCUT2D eigenvalue weighted by atomic mass is 10.1. The molecular weight excluding hydrogens is 1430 g/mol. The highest BCUT2D eigenvalue weighted by atomic mass is 16.5. The fraction of sp³-hybridized carbons (Fsp3) is 0.0444. The molecule has 558 valence electrons. The Morgan fingerprint density at radius 2 is 0.763 bits per heavy atom. The normalized spacial score (nSPS) is 10.5. The van der Waals surface area contributed by atoms with Gasteiger partial charge < -0.3 is 36.6 Å². The Morgan fingerprint density at radius 3 is 1.12 bits per heavy atom. The zero-order chi connectivity index (χ0) is 79.3. The number of hydrogen-bond donors (Lipinski definition) is 10. The van der Waals surface area contributed by atoms with Gasteiger partial charge in [-0.3, -0.25) is 35.1 Å². The molecule has 0 spiro atoms. The number of nitriles is 1. The first-order valence-corrected chi connectivity index (χ1v) is 35.8. The molecular formula is C90H73N19O5. The highest BCUT2D eigenvalue weighted by Gasteiger charge is 2.18. The van der Waals surface area contributed by atoms with Gasteiger partial charge in [-0.2, -0.15) is 10.4 Å². The second-order valence-electron chi connectivity index (χ2n) is 25.7. The molecule has 16 rings (SSSR count). The predicted octanol–water partition coefficient (Wildman–Crippen LogP) is 18.0. The van der Waals surface area contributed by atoms with Crippen LogP contribution in [0.25, 0.3) is 77.9 Å². The first-order chi connectivity index (χ1) is 55.7. The number of aryl methyl sites for hydroxylation is 3. The van der Waals surface area contributed by atoms with Crippen molar-refractivity contribution >= 4 is 115 Å². The monoisotopic (exact) mass is 1500 g/mol. The third kappa shape index (κ3) is 18.9. The van der Waals surface area contributed by atoms with E-state index in [9.17, 15) is 14.4 Å². The number of benzene rings is 12. The van der Waals surface area contributed by atoms with E-state index < -0.39 is 0 Å². The lowest BCUT2D eigenvalue weighted by Crippen LogP contribution is -2.18. The molecule has 24 heteroatoms. The number of H-pyrrole nitrogens is 1. The van der Waals surface area contributed by atoms with Gasteiger partial charge in [-0.25, -0.2) is 40.7 Å². The van der Waals surface area contributed by atoms with Gasteiger partial charge >= 0.3 is 0 Å². The first-order valence-electron chi connectivity index (χ1n) is 35.8. The summed E-state index contributed by atoms with van der Waals surface area (Å²) in [7, 11) is 1.45. The van der Waals surface area contributed by atoms with Crippen molar-refractivity contribution in [1.29, 1.82) is 10.7 Å². The number of nitrogens with two attached hydrogens (primary N) is 1. The number of hydrazine groups is 1. The van der Waals surface area contributed by atoms with Crippen LogP contribution in [0.5, 0.6) is 0 Å². The van der Waals surface area contributed by atoms with Gasteiger partial charge in [-0.1, -0.05) is 170 Å². The SMILES string of the molecule is COC(=N)c1ccc(C)c(NC(=O)c2ccc(Nc3nc(-c4ccccc4)c4ccccc4n3)cc2)c1.Cc1ccc(-c2ncn[nH]2)cc1NC(=O)c1ccc(Nc2nc(-c3ccccc3)c3ccccc3n2)cc1.Cc1ccc(C#N)cc1NC(=O)c1ccc(Nc2nc(-c3ccccc3)c3ccccc3n2)cc1.NNC=O. The van der Waals surface area contributed by atoms with Crippen molar-refractivity contribution in [2.45, 2.75) is 20.8 Å². The van der Waals surface area contributed by atoms with Gasteiger partial charge in [-0.15, -0.1) is 0 Å². The highest BCUT2D eigenvalue weighted by molar-refractivity contribution is 6.07. The number of nitrogens with zero attached hydrogens (tertiary/aromatic N) is 9. The molecule has 0 fully saturated rings. The van der Waals surface area contributed by atoms with Gasteiger partial charge in [0.05, 0.1) is 52.4 Å². The summed E-state index contributed by atoms with van der Waals surface area (Å²) in [6.45, 7) is 5.73. The van der Waals surface area contributed by atoms with Gasteiger partial charge in [0, 0.05) is 94.8 Å². The summed E-state index contributed by atoms with van der Waals surface area (Å²) in [4.78, 5) is 80.2. The number of ether oxygens (including phenoxy) is 1. The zero-order valence-corrected chi connectivity index (χ0v) is 62.0. The molecule has 0 saturated heterocycles. The maximum atomic E-state index is 13.0. The van der Waals surface area contributed by atoms with Crippen molar-refractivity contribution in [1.82, 2.24) is 50.5 Å². The smallest absolute Gasteiger partial charge is 0.255 e. The number of carbonyl (C=O) groups is 4. The van der Waals surface area contributed by atoms with Crippen LogP contribution in [0.15, 0.2) is 298 Å². The molecule has 0 bridgehead atoms. The maximum Gasteiger partial charge on any atom is 0.255 e. The minimum absolute atomic E-state index is 0.0391. The average Bonchev–Trinajstić information content (AvgIpc) is 1.45. The predicted molar refractivity (Wildman–Crippen MR) is 449 cm³/mol. The van der Waals surface area contributed by atoms with Crippen LogP contribution in [0.3, 0.4) is 0 Å². The third-order valence-corrected chi connectivity index (χ3v) is 18.0. The van der Waals surface area contributed by atoms with Crippen molar-refractivity contribution in [3.8, 4) is 51.2 Å². The number of hydrogen-bond acceptors (Lipinski definition) is 19. The molecule has 12 aromatic carbocycles. The van der Waals surface area contributed by atoms with Crippen molar-refractivity contribution in [2.75, 3.05) is 39.0 Å². The largest absolute Gasteiger partial charge is 0.481 e. The number of rotatable bonds is 18. The molecule has 24 nitrogen and oxygen atoms in total. The van der Waals surface area contributed by atoms with Crippen molar-refractivity contribution < 1.29 is 23.9 Å². The highest BCUT2D eigenvalue weighted by Crippen LogP contribution is 2.33. The number of fused-ring (bicyclic) bond motifs is 3. The Labute approximate surface area is 655 Å². The van der Waals surface area contributed by atoms with Gasteiger partial charge in [0.1, 0.15) is 6.33 Å². The number of aromatic nitrogens is 9. The Morgan fingerprint density at radius 1 is 0.421 bits per heavy atom. The van der Waals surface area contributed by atoms with Gasteiger partial charge in [0.2, 0.25) is 30.2 Å². The molecule has 16 aromatic rings. The molecule has 4 aromatic heterocycles. The fourth-order valence-electron chi connectivity index (χ4n) is 12.0. The standard InChI is InChI=1S/C30H23N7O.C30H25N5O2.C29H21N5O.CH4N2O/c1-19-11-12-22(28-31-18-32-37-28)17-26(19)34-29(38)21-13-15-23(16-14-21)33-30-35-25-10-6-5-9-24(25)27(36-30)20-7-3-2-4-8-20;1-19-12-13-22(28(31)37-2)18-26(19)33-29(36)21-14-16-23(17-15-21)32-30-34-25-11-7-6-10-24(25)27(35-30)20-8-4-3-5-9-20;1-19-11-12-20(18-30)17-26(19)32-28(35)22-13-15-23(16-14-22)31-29-33-25-10-6-5-9-24(25)27(34-29)21-7-3-2-4-8-21;2-3-1-4/h2-18H,1H3,(H,34,38)(H,31,32,37)(H,33,35,36);3-18,31H,1-2H3,(H,33,36)(H,32,34,35);2-17H,1H3,(H,32,35)(H,31,33,34);1H,2H2,(H,3,4). The van der Waals surface area contributed by atoms with E-state index in [-0.39, 0.29) is 23.6 Å². The second-order valence-corrected chi connectivity index (χ2v) is 25.7. The summed E-state index contributed by atoms with van der Waals surface area (Å²) in [6.07, 6.45) is 1.86. The number of aromatic amines is 1. The molecule has 11 N–H and O–H groups in total. The number of nitrogens with one attached hydrogen (secondary N) is 9. The minimum atomic E-state index is -0.247. The molecule has 0 atom stereocenters. The average molecular weight is 1500 g/mol. The number of amides is 4. The van der Waals surface area contributed by atoms with E-state index in [4.69, 9.17) is 40.1 Å². The summed E-state index contributed by atoms with van der Waals surface area (Å²) in [5, 5.41) is 45.3. The van der Waals surface area contributed by atoms with Crippen LogP contribution in [0.4, 0.5) is 52.0 Å². The molecule has 0 unspecified atom stereocenters. The Balaban J connectivity index is 0.000000146. The van der Waals surface area contributed by atoms with E-state index >= 15 is 0 Å². The van der Waals surface area contributed by atoms with Crippen LogP contribution in [-0.2, 0) is 9.53 Å². The minimum Gasteiger partial charge on any atom is -0.481 e. The molecule has 114 heavy (non-hydrogen) atoms. The maximum absolute atomic E-state index is 13.0. The third-order valence-electron chi connectivity index (χ3n) is 18.0. The number of methoxy groups -OCH3 is 1. The van der Waals surface area contributed by atoms with Crippen LogP contribution >= 0.6 is 0 Å². The Kier molecular flexibility index (Phi) is 24.2. The number of para-hydroxylation sites is 3. The lowest BCUT2D eigenvalue weighted by Gasteiger charge is -2.12. The quantitative estimate of drug-likeness (QED) is 0.00952. The van der Waals surface area contributed by atoms with E-state index in [1.54, 1.807) is 66.1 Å². The summed E-state index contributed by atoms with van der Waals surface area (Å²) in [6, 6.07) is 93.7. The van der Waals surface area contributed by atoms with E-state index in [1.807, 2.05) is 251 Å². The molecule has 0 aliphatic heterocycles. The van der Waals surface area contributed by atoms with Crippen LogP contribution in [-0.4, -0.2) is 82.2 Å². The van der Waals surface area contributed by atoms with Crippen LogP contribution < -0.4 is 43.2 Å². The molecule has 4 heterocycles. The van der Waals surface area contributed by atoms with Crippen LogP contribution in [0.1, 0.15) is 58.9 Å². The first kappa shape index (κ1) is 76.2. The molecule has 0 radical (unpaired) electrons. The summed E-state index contributed by atoms with van der Waals surface area (Å²) in [5.74, 6) is 5.83.